The van der Waals surface area contributed by atoms with Gasteiger partial charge in [-0.1, -0.05) is 36.4 Å². The molecule has 0 bridgehead atoms. The van der Waals surface area contributed by atoms with E-state index in [2.05, 4.69) is 9.97 Å². The van der Waals surface area contributed by atoms with Gasteiger partial charge < -0.3 is 0 Å². The first kappa shape index (κ1) is 18.4. The van der Waals surface area contributed by atoms with Crippen molar-refractivity contribution in [2.24, 2.45) is 5.92 Å². The van der Waals surface area contributed by atoms with E-state index in [1.54, 1.807) is 13.1 Å². The lowest BCUT2D eigenvalue weighted by Gasteiger charge is -2.16. The molecule has 0 radical (unpaired) electrons. The normalized spacial score (nSPS) is 11.6. The maximum absolute atomic E-state index is 13.0. The highest BCUT2D eigenvalue weighted by Crippen LogP contribution is 2.33. The molecule has 3 rings (SSSR count). The van der Waals surface area contributed by atoms with Crippen LogP contribution < -0.4 is 0 Å². The molecule has 0 saturated carbocycles. The Labute approximate surface area is 161 Å². The van der Waals surface area contributed by atoms with E-state index in [0.717, 1.165) is 11.3 Å². The predicted octanol–water partition coefficient (Wildman–Crippen LogP) is 4.53. The van der Waals surface area contributed by atoms with Crippen LogP contribution in [0.5, 0.6) is 0 Å². The van der Waals surface area contributed by atoms with Crippen LogP contribution in [0.1, 0.15) is 33.3 Å². The third kappa shape index (κ3) is 4.08. The molecule has 6 heteroatoms. The average molecular weight is 372 g/mol. The summed E-state index contributed by atoms with van der Waals surface area (Å²) in [7, 11) is 0. The molecule has 2 heterocycles. The number of hydrogen-bond acceptors (Lipinski definition) is 6. The van der Waals surface area contributed by atoms with E-state index in [1.807, 2.05) is 60.7 Å². The Bertz CT molecular complexity index is 1000. The van der Waals surface area contributed by atoms with E-state index < -0.39 is 11.8 Å². The number of nitriles is 2. The monoisotopic (exact) mass is 372 g/mol. The Morgan fingerprint density at radius 3 is 2.44 bits per heavy atom. The van der Waals surface area contributed by atoms with Crippen molar-refractivity contribution in [3.8, 4) is 22.8 Å². The largest absolute Gasteiger partial charge is 0.293 e. The highest BCUT2D eigenvalue weighted by atomic mass is 32.1. The number of pyridine rings is 1. The number of carbonyl (C=O) groups excluding carboxylic acids is 1. The average Bonchev–Trinajstić information content (AvgIpc) is 3.11. The van der Waals surface area contributed by atoms with E-state index >= 15 is 0 Å². The van der Waals surface area contributed by atoms with Crippen molar-refractivity contribution in [3.05, 3.63) is 70.9 Å². The topological polar surface area (TPSA) is 90.4 Å². The van der Waals surface area contributed by atoms with Crippen molar-refractivity contribution in [1.82, 2.24) is 9.97 Å². The summed E-state index contributed by atoms with van der Waals surface area (Å²) in [6, 6.07) is 18.8. The Morgan fingerprint density at radius 1 is 1.11 bits per heavy atom. The summed E-state index contributed by atoms with van der Waals surface area (Å²) in [5.74, 6) is -1.48. The number of aryl methyl sites for hydroxylation is 1. The number of nitrogens with zero attached hydrogens (tertiary/aromatic N) is 4. The molecule has 132 valence electrons. The quantitative estimate of drug-likeness (QED) is 0.593. The van der Waals surface area contributed by atoms with Crippen molar-refractivity contribution < 1.29 is 4.79 Å². The molecule has 5 nitrogen and oxygen atoms in total. The van der Waals surface area contributed by atoms with Crippen LogP contribution >= 0.6 is 11.3 Å². The van der Waals surface area contributed by atoms with Gasteiger partial charge in [-0.25, -0.2) is 4.98 Å². The smallest absolute Gasteiger partial charge is 0.175 e. The molecule has 0 aliphatic carbocycles. The zero-order valence-electron chi connectivity index (χ0n) is 14.7. The lowest BCUT2D eigenvalue weighted by Crippen LogP contribution is -2.15. The summed E-state index contributed by atoms with van der Waals surface area (Å²) in [4.78, 5) is 22.3. The van der Waals surface area contributed by atoms with Crippen molar-refractivity contribution in [2.75, 3.05) is 0 Å². The molecular formula is C21H16N4OS. The van der Waals surface area contributed by atoms with Crippen LogP contribution in [0, 0.1) is 35.5 Å². The summed E-state index contributed by atoms with van der Waals surface area (Å²) in [6.07, 6.45) is 1.77. The SMILES string of the molecule is Cc1nc(-c2ccccn2)sc1C(=O)CC(c1ccccc1)C(C#N)C#N. The van der Waals surface area contributed by atoms with Crippen molar-refractivity contribution in [1.29, 1.82) is 10.5 Å². The predicted molar refractivity (Wildman–Crippen MR) is 103 cm³/mol. The molecule has 0 aliphatic heterocycles. The third-order valence-corrected chi connectivity index (χ3v) is 5.47. The van der Waals surface area contributed by atoms with Gasteiger partial charge in [0.25, 0.3) is 0 Å². The summed E-state index contributed by atoms with van der Waals surface area (Å²) >= 11 is 1.30. The third-order valence-electron chi connectivity index (χ3n) is 4.25. The maximum Gasteiger partial charge on any atom is 0.175 e. The van der Waals surface area contributed by atoms with Gasteiger partial charge in [0, 0.05) is 18.5 Å². The molecular weight excluding hydrogens is 356 g/mol. The van der Waals surface area contributed by atoms with E-state index in [9.17, 15) is 15.3 Å². The van der Waals surface area contributed by atoms with Gasteiger partial charge in [0.1, 0.15) is 10.9 Å². The highest BCUT2D eigenvalue weighted by molar-refractivity contribution is 7.17. The fourth-order valence-corrected chi connectivity index (χ4v) is 3.88. The van der Waals surface area contributed by atoms with E-state index in [4.69, 9.17) is 0 Å². The molecule has 0 aliphatic rings. The van der Waals surface area contributed by atoms with Gasteiger partial charge >= 0.3 is 0 Å². The highest BCUT2D eigenvalue weighted by Gasteiger charge is 2.28. The molecule has 1 aromatic carbocycles. The number of ketones is 1. The minimum Gasteiger partial charge on any atom is -0.293 e. The molecule has 27 heavy (non-hydrogen) atoms. The van der Waals surface area contributed by atoms with Gasteiger partial charge in [0.2, 0.25) is 0 Å². The number of hydrogen-bond donors (Lipinski definition) is 0. The minimum absolute atomic E-state index is 0.0838. The van der Waals surface area contributed by atoms with E-state index in [0.29, 0.717) is 15.6 Å². The molecule has 0 amide bonds. The molecule has 1 atom stereocenters. The minimum atomic E-state index is -0.889. The fourth-order valence-electron chi connectivity index (χ4n) is 2.88. The summed E-state index contributed by atoms with van der Waals surface area (Å²) in [5.41, 5.74) is 2.17. The van der Waals surface area contributed by atoms with Crippen molar-refractivity contribution in [2.45, 2.75) is 19.3 Å². The molecule has 1 unspecified atom stereocenters. The second-order valence-electron chi connectivity index (χ2n) is 6.03. The molecule has 0 saturated heterocycles. The lowest BCUT2D eigenvalue weighted by molar-refractivity contribution is 0.0974. The lowest BCUT2D eigenvalue weighted by atomic mass is 9.83. The Hall–Kier alpha value is -3.35. The first-order valence-electron chi connectivity index (χ1n) is 8.40. The van der Waals surface area contributed by atoms with Crippen molar-refractivity contribution >= 4 is 17.1 Å². The van der Waals surface area contributed by atoms with Gasteiger partial charge in [-0.15, -0.1) is 11.3 Å². The maximum atomic E-state index is 13.0. The summed E-state index contributed by atoms with van der Waals surface area (Å²) in [5, 5.41) is 19.4. The second-order valence-corrected chi connectivity index (χ2v) is 7.03. The number of Topliss-reactive ketones (excluding diaryl/α,β-unsaturated/α-hetero) is 1. The van der Waals surface area contributed by atoms with Crippen LogP contribution in [0.3, 0.4) is 0 Å². The van der Waals surface area contributed by atoms with Gasteiger partial charge in [-0.2, -0.15) is 10.5 Å². The van der Waals surface area contributed by atoms with Gasteiger partial charge in [-0.3, -0.25) is 9.78 Å². The first-order chi connectivity index (χ1) is 13.1. The van der Waals surface area contributed by atoms with Crippen LogP contribution in [0.4, 0.5) is 0 Å². The fraction of sp³-hybridized carbons (Fsp3) is 0.190. The van der Waals surface area contributed by atoms with Crippen LogP contribution in [-0.4, -0.2) is 15.8 Å². The summed E-state index contributed by atoms with van der Waals surface area (Å²) in [6.45, 7) is 1.79. The van der Waals surface area contributed by atoms with Gasteiger partial charge in [0.15, 0.2) is 5.78 Å². The second kappa shape index (κ2) is 8.35. The zero-order chi connectivity index (χ0) is 19.2. The Balaban J connectivity index is 1.90. The Kier molecular flexibility index (Phi) is 5.71. The van der Waals surface area contributed by atoms with Crippen LogP contribution in [0.25, 0.3) is 10.7 Å². The number of aromatic nitrogens is 2. The number of benzene rings is 1. The summed E-state index contributed by atoms with van der Waals surface area (Å²) < 4.78 is 0. The number of rotatable bonds is 6. The zero-order valence-corrected chi connectivity index (χ0v) is 15.5. The molecule has 2 aromatic heterocycles. The standard InChI is InChI=1S/C21H16N4OS/c1-14-20(27-21(25-14)18-9-5-6-10-24-18)19(26)11-17(16(12-22)13-23)15-7-3-2-4-8-15/h2-10,16-17H,11H2,1H3. The molecule has 0 fully saturated rings. The van der Waals surface area contributed by atoms with Crippen LogP contribution in [-0.2, 0) is 0 Å². The van der Waals surface area contributed by atoms with Gasteiger partial charge in [0.05, 0.1) is 28.4 Å². The van der Waals surface area contributed by atoms with E-state index in [1.165, 1.54) is 11.3 Å². The van der Waals surface area contributed by atoms with Crippen LogP contribution in [0.15, 0.2) is 54.7 Å². The van der Waals surface area contributed by atoms with Crippen LogP contribution in [0.2, 0.25) is 0 Å². The molecule has 0 N–H and O–H groups in total. The molecule has 0 spiro atoms. The number of carbonyl (C=O) groups is 1. The van der Waals surface area contributed by atoms with Gasteiger partial charge in [-0.05, 0) is 24.6 Å². The first-order valence-corrected chi connectivity index (χ1v) is 9.22. The number of thiazole rings is 1. The molecule has 3 aromatic rings. The Morgan fingerprint density at radius 2 is 1.81 bits per heavy atom. The van der Waals surface area contributed by atoms with Crippen molar-refractivity contribution in [3.63, 3.8) is 0 Å². The van der Waals surface area contributed by atoms with E-state index in [-0.39, 0.29) is 12.2 Å².